The van der Waals surface area contributed by atoms with E-state index in [1.54, 1.807) is 0 Å². The van der Waals surface area contributed by atoms with Crippen molar-refractivity contribution in [2.45, 2.75) is 25.4 Å². The van der Waals surface area contributed by atoms with Gasteiger partial charge in [-0.2, -0.15) is 0 Å². The van der Waals surface area contributed by atoms with Crippen molar-refractivity contribution in [3.8, 4) is 0 Å². The van der Waals surface area contributed by atoms with Gasteiger partial charge in [-0.1, -0.05) is 0 Å². The first kappa shape index (κ1) is 12.7. The van der Waals surface area contributed by atoms with Crippen molar-refractivity contribution in [3.63, 3.8) is 0 Å². The van der Waals surface area contributed by atoms with Gasteiger partial charge in [0, 0.05) is 19.6 Å². The van der Waals surface area contributed by atoms with Crippen LogP contribution in [0.2, 0.25) is 0 Å². The fourth-order valence-electron chi connectivity index (χ4n) is 2.77. The van der Waals surface area contributed by atoms with Gasteiger partial charge in [-0.25, -0.2) is 0 Å². The molecule has 2 rings (SSSR count). The third kappa shape index (κ3) is 3.06. The van der Waals surface area contributed by atoms with E-state index in [0.29, 0.717) is 18.4 Å². The summed E-state index contributed by atoms with van der Waals surface area (Å²) in [6.07, 6.45) is 2.11. The van der Waals surface area contributed by atoms with Crippen molar-refractivity contribution in [2.75, 3.05) is 19.6 Å². The minimum absolute atomic E-state index is 0. The number of aliphatic hydroxyl groups excluding tert-OH is 1. The van der Waals surface area contributed by atoms with Crippen molar-refractivity contribution in [2.24, 2.45) is 11.8 Å². The van der Waals surface area contributed by atoms with Crippen molar-refractivity contribution >= 4 is 18.4 Å². The lowest BCUT2D eigenvalue weighted by Crippen LogP contribution is -2.38. The number of fused-ring (bicyclic) bond motifs is 2. The van der Waals surface area contributed by atoms with Crippen LogP contribution in [-0.2, 0) is 4.79 Å². The molecular weight excluding hydrogens is 218 g/mol. The van der Waals surface area contributed by atoms with Crippen LogP contribution in [0.3, 0.4) is 0 Å². The molecule has 2 aliphatic rings. The third-order valence-electron chi connectivity index (χ3n) is 3.41. The van der Waals surface area contributed by atoms with Crippen molar-refractivity contribution in [1.82, 2.24) is 4.90 Å². The number of halogens is 1. The van der Waals surface area contributed by atoms with Gasteiger partial charge in [-0.3, -0.25) is 4.79 Å². The Labute approximate surface area is 95.7 Å². The number of hydrogen-bond donors (Lipinski definition) is 2. The molecule has 1 aliphatic heterocycles. The predicted molar refractivity (Wildman–Crippen MR) is 58.2 cm³/mol. The maximum absolute atomic E-state index is 10.4. The van der Waals surface area contributed by atoms with Crippen LogP contribution in [-0.4, -0.2) is 46.8 Å². The number of nitrogens with zero attached hydrogens (tertiary/aromatic N) is 1. The third-order valence-corrected chi connectivity index (χ3v) is 3.41. The summed E-state index contributed by atoms with van der Waals surface area (Å²) in [5.41, 5.74) is 0. The number of aliphatic carboxylic acids is 1. The Morgan fingerprint density at radius 3 is 2.67 bits per heavy atom. The molecule has 3 atom stereocenters. The van der Waals surface area contributed by atoms with Crippen LogP contribution in [0.25, 0.3) is 0 Å². The van der Waals surface area contributed by atoms with Crippen LogP contribution >= 0.6 is 12.4 Å². The average Bonchev–Trinajstić information content (AvgIpc) is 2.37. The lowest BCUT2D eigenvalue weighted by molar-refractivity contribution is -0.137. The zero-order valence-corrected chi connectivity index (χ0v) is 9.45. The fraction of sp³-hybridized carbons (Fsp3) is 0.900. The Balaban J connectivity index is 0.00000112. The monoisotopic (exact) mass is 235 g/mol. The van der Waals surface area contributed by atoms with E-state index in [4.69, 9.17) is 5.11 Å². The second-order valence-electron chi connectivity index (χ2n) is 4.57. The molecule has 3 unspecified atom stereocenters. The molecule has 5 heteroatoms. The molecule has 2 bridgehead atoms. The maximum Gasteiger partial charge on any atom is 0.304 e. The summed E-state index contributed by atoms with van der Waals surface area (Å²) in [5.74, 6) is 0.253. The molecule has 1 heterocycles. The molecule has 15 heavy (non-hydrogen) atoms. The zero-order valence-electron chi connectivity index (χ0n) is 8.63. The SMILES string of the molecule is Cl.O=C(O)CCN1CC2CC(O)C(C2)C1. The second kappa shape index (κ2) is 5.14. The first-order valence-corrected chi connectivity index (χ1v) is 5.27. The standard InChI is InChI=1S/C10H17NO3.ClH/c12-9-4-7-3-8(9)6-11(5-7)2-1-10(13)14;/h7-9,12H,1-6H2,(H,13,14);1H. The molecule has 0 aromatic carbocycles. The molecule has 1 saturated heterocycles. The number of carbonyl (C=O) groups is 1. The molecule has 0 aromatic heterocycles. The fourth-order valence-corrected chi connectivity index (χ4v) is 2.77. The molecule has 0 aromatic rings. The number of rotatable bonds is 3. The summed E-state index contributed by atoms with van der Waals surface area (Å²) >= 11 is 0. The van der Waals surface area contributed by atoms with Crippen molar-refractivity contribution in [3.05, 3.63) is 0 Å². The number of aliphatic hydroxyl groups is 1. The molecule has 2 fully saturated rings. The number of carboxylic acids is 1. The number of carboxylic acid groups (broad SMARTS) is 1. The summed E-state index contributed by atoms with van der Waals surface area (Å²) in [7, 11) is 0. The highest BCUT2D eigenvalue weighted by Crippen LogP contribution is 2.36. The van der Waals surface area contributed by atoms with E-state index in [0.717, 1.165) is 25.9 Å². The van der Waals surface area contributed by atoms with Crippen LogP contribution in [0.15, 0.2) is 0 Å². The highest BCUT2D eigenvalue weighted by molar-refractivity contribution is 5.85. The Bertz CT molecular complexity index is 235. The number of piperidine rings is 1. The van der Waals surface area contributed by atoms with Gasteiger partial charge in [0.2, 0.25) is 0 Å². The summed E-state index contributed by atoms with van der Waals surface area (Å²) in [5, 5.41) is 18.2. The van der Waals surface area contributed by atoms with Gasteiger partial charge in [-0.15, -0.1) is 12.4 Å². The van der Waals surface area contributed by atoms with E-state index in [1.807, 2.05) is 0 Å². The minimum Gasteiger partial charge on any atom is -0.481 e. The molecule has 4 nitrogen and oxygen atoms in total. The van der Waals surface area contributed by atoms with Gasteiger partial charge in [0.05, 0.1) is 12.5 Å². The van der Waals surface area contributed by atoms with E-state index in [9.17, 15) is 9.90 Å². The zero-order chi connectivity index (χ0) is 10.1. The maximum atomic E-state index is 10.4. The van der Waals surface area contributed by atoms with Crippen LogP contribution < -0.4 is 0 Å². The Kier molecular flexibility index (Phi) is 4.37. The first-order chi connectivity index (χ1) is 6.65. The predicted octanol–water partition coefficient (Wildman–Crippen LogP) is 0.586. The summed E-state index contributed by atoms with van der Waals surface area (Å²) in [6.45, 7) is 2.49. The quantitative estimate of drug-likeness (QED) is 0.752. The highest BCUT2D eigenvalue weighted by Gasteiger charge is 2.38. The van der Waals surface area contributed by atoms with Gasteiger partial charge in [0.1, 0.15) is 0 Å². The van der Waals surface area contributed by atoms with Crippen LogP contribution in [0.4, 0.5) is 0 Å². The lowest BCUT2D eigenvalue weighted by Gasteiger charge is -2.31. The molecule has 0 radical (unpaired) electrons. The number of likely N-dealkylation sites (tertiary alicyclic amines) is 1. The topological polar surface area (TPSA) is 60.8 Å². The molecule has 1 aliphatic carbocycles. The Hall–Kier alpha value is -0.320. The van der Waals surface area contributed by atoms with Crippen LogP contribution in [0.5, 0.6) is 0 Å². The van der Waals surface area contributed by atoms with E-state index in [1.165, 1.54) is 0 Å². The number of hydrogen-bond acceptors (Lipinski definition) is 3. The highest BCUT2D eigenvalue weighted by atomic mass is 35.5. The molecular formula is C10H18ClNO3. The molecule has 2 N–H and O–H groups in total. The van der Waals surface area contributed by atoms with E-state index < -0.39 is 5.97 Å². The first-order valence-electron chi connectivity index (χ1n) is 5.27. The summed E-state index contributed by atoms with van der Waals surface area (Å²) in [6, 6.07) is 0. The Morgan fingerprint density at radius 1 is 1.33 bits per heavy atom. The van der Waals surface area contributed by atoms with E-state index in [-0.39, 0.29) is 24.9 Å². The van der Waals surface area contributed by atoms with Crippen molar-refractivity contribution in [1.29, 1.82) is 0 Å². The van der Waals surface area contributed by atoms with Crippen LogP contribution in [0.1, 0.15) is 19.3 Å². The van der Waals surface area contributed by atoms with E-state index in [2.05, 4.69) is 4.90 Å². The normalized spacial score (nSPS) is 34.9. The minimum atomic E-state index is -0.733. The van der Waals surface area contributed by atoms with Gasteiger partial charge >= 0.3 is 5.97 Å². The van der Waals surface area contributed by atoms with Gasteiger partial charge in [0.25, 0.3) is 0 Å². The molecule has 0 spiro atoms. The van der Waals surface area contributed by atoms with Gasteiger partial charge in [-0.05, 0) is 24.7 Å². The molecule has 0 amide bonds. The average molecular weight is 236 g/mol. The second-order valence-corrected chi connectivity index (χ2v) is 4.57. The smallest absolute Gasteiger partial charge is 0.304 e. The molecule has 88 valence electrons. The van der Waals surface area contributed by atoms with Gasteiger partial charge in [0.15, 0.2) is 0 Å². The Morgan fingerprint density at radius 2 is 2.07 bits per heavy atom. The van der Waals surface area contributed by atoms with Crippen molar-refractivity contribution < 1.29 is 15.0 Å². The summed E-state index contributed by atoms with van der Waals surface area (Å²) in [4.78, 5) is 12.6. The summed E-state index contributed by atoms with van der Waals surface area (Å²) < 4.78 is 0. The molecule has 1 saturated carbocycles. The van der Waals surface area contributed by atoms with Crippen LogP contribution in [0, 0.1) is 11.8 Å². The van der Waals surface area contributed by atoms with Gasteiger partial charge < -0.3 is 15.1 Å². The van der Waals surface area contributed by atoms with E-state index >= 15 is 0 Å². The lowest BCUT2D eigenvalue weighted by atomic mass is 9.98. The largest absolute Gasteiger partial charge is 0.481 e.